The molecule has 0 unspecified atom stereocenters. The summed E-state index contributed by atoms with van der Waals surface area (Å²) in [5.41, 5.74) is 1.16. The van der Waals surface area contributed by atoms with E-state index in [0.29, 0.717) is 6.42 Å². The Bertz CT molecular complexity index is 431. The number of nitrogens with one attached hydrogen (secondary N) is 1. The van der Waals surface area contributed by atoms with E-state index in [1.165, 1.54) is 0 Å². The third kappa shape index (κ3) is 4.84. The number of rotatable bonds is 4. The third-order valence-corrected chi connectivity index (χ3v) is 3.36. The van der Waals surface area contributed by atoms with Crippen molar-refractivity contribution < 1.29 is 4.74 Å². The molecule has 2 rings (SSSR count). The van der Waals surface area contributed by atoms with E-state index in [1.807, 2.05) is 18.2 Å². The second-order valence-corrected chi connectivity index (χ2v) is 4.44. The van der Waals surface area contributed by atoms with Crippen LogP contribution in [0, 0.1) is 11.3 Å². The Balaban J connectivity index is 0.00000180. The second kappa shape index (κ2) is 9.84. The molecule has 1 aliphatic heterocycles. The molecule has 0 saturated carbocycles. The van der Waals surface area contributed by atoms with Gasteiger partial charge in [0.15, 0.2) is 0 Å². The molecule has 6 heteroatoms. The van der Waals surface area contributed by atoms with E-state index in [4.69, 9.17) is 10.00 Å². The van der Waals surface area contributed by atoms with Crippen LogP contribution in [0.3, 0.4) is 0 Å². The highest BCUT2D eigenvalue weighted by Crippen LogP contribution is 2.27. The van der Waals surface area contributed by atoms with Gasteiger partial charge >= 0.3 is 0 Å². The first kappa shape index (κ1) is 19.0. The number of hydrogen-bond acceptors (Lipinski definition) is 4. The van der Waals surface area contributed by atoms with Crippen LogP contribution in [0.1, 0.15) is 18.0 Å². The maximum atomic E-state index is 9.03. The molecule has 1 aromatic rings. The van der Waals surface area contributed by atoms with Crippen LogP contribution in [0.25, 0.3) is 0 Å². The minimum absolute atomic E-state index is 0. The van der Waals surface area contributed by atoms with E-state index in [-0.39, 0.29) is 30.9 Å². The molecule has 112 valence electrons. The Morgan fingerprint density at radius 1 is 1.35 bits per heavy atom. The van der Waals surface area contributed by atoms with Crippen LogP contribution in [0.15, 0.2) is 24.3 Å². The first-order chi connectivity index (χ1) is 8.85. The van der Waals surface area contributed by atoms with Gasteiger partial charge in [-0.05, 0) is 17.7 Å². The van der Waals surface area contributed by atoms with E-state index in [2.05, 4.69) is 22.4 Å². The van der Waals surface area contributed by atoms with E-state index in [1.54, 1.807) is 7.11 Å². The molecule has 1 aromatic carbocycles. The van der Waals surface area contributed by atoms with Gasteiger partial charge < -0.3 is 10.1 Å². The number of ether oxygens (including phenoxy) is 1. The summed E-state index contributed by atoms with van der Waals surface area (Å²) in [7, 11) is 1.67. The van der Waals surface area contributed by atoms with Crippen LogP contribution in [-0.2, 0) is 0 Å². The van der Waals surface area contributed by atoms with Gasteiger partial charge in [0.25, 0.3) is 0 Å². The summed E-state index contributed by atoms with van der Waals surface area (Å²) in [5, 5.41) is 12.4. The van der Waals surface area contributed by atoms with E-state index < -0.39 is 0 Å². The minimum atomic E-state index is 0. The molecule has 20 heavy (non-hydrogen) atoms. The van der Waals surface area contributed by atoms with Gasteiger partial charge in [0.1, 0.15) is 5.75 Å². The Labute approximate surface area is 132 Å². The molecular weight excluding hydrogens is 297 g/mol. The van der Waals surface area contributed by atoms with Crippen molar-refractivity contribution in [2.24, 2.45) is 0 Å². The van der Waals surface area contributed by atoms with Crippen molar-refractivity contribution in [2.75, 3.05) is 33.3 Å². The SMILES string of the molecule is COc1cccc([C@H](CC#N)N2CCNCC2)c1.Cl.Cl. The van der Waals surface area contributed by atoms with Crippen molar-refractivity contribution in [3.8, 4) is 11.8 Å². The molecule has 1 fully saturated rings. The number of halogens is 2. The monoisotopic (exact) mass is 317 g/mol. The van der Waals surface area contributed by atoms with Crippen LogP contribution in [0.4, 0.5) is 0 Å². The largest absolute Gasteiger partial charge is 0.497 e. The van der Waals surface area contributed by atoms with E-state index in [9.17, 15) is 0 Å². The van der Waals surface area contributed by atoms with Crippen molar-refractivity contribution in [3.05, 3.63) is 29.8 Å². The summed E-state index contributed by atoms with van der Waals surface area (Å²) < 4.78 is 5.26. The normalized spacial score (nSPS) is 16.2. The van der Waals surface area contributed by atoms with Crippen LogP contribution in [0.5, 0.6) is 5.75 Å². The molecule has 0 aliphatic carbocycles. The molecule has 4 nitrogen and oxygen atoms in total. The van der Waals surface area contributed by atoms with Gasteiger partial charge in [0, 0.05) is 32.2 Å². The summed E-state index contributed by atoms with van der Waals surface area (Å²) >= 11 is 0. The topological polar surface area (TPSA) is 48.3 Å². The van der Waals surface area contributed by atoms with Crippen molar-refractivity contribution >= 4 is 24.8 Å². The molecule has 1 N–H and O–H groups in total. The first-order valence-corrected chi connectivity index (χ1v) is 6.31. The van der Waals surface area contributed by atoms with Gasteiger partial charge in [0.2, 0.25) is 0 Å². The van der Waals surface area contributed by atoms with Crippen molar-refractivity contribution in [2.45, 2.75) is 12.5 Å². The molecule has 1 atom stereocenters. The maximum Gasteiger partial charge on any atom is 0.119 e. The van der Waals surface area contributed by atoms with Crippen LogP contribution in [0.2, 0.25) is 0 Å². The van der Waals surface area contributed by atoms with Crippen molar-refractivity contribution in [3.63, 3.8) is 0 Å². The number of piperazine rings is 1. The van der Waals surface area contributed by atoms with Gasteiger partial charge in [0.05, 0.1) is 19.6 Å². The van der Waals surface area contributed by atoms with Crippen molar-refractivity contribution in [1.82, 2.24) is 10.2 Å². The van der Waals surface area contributed by atoms with E-state index in [0.717, 1.165) is 37.5 Å². The molecule has 0 aromatic heterocycles. The Morgan fingerprint density at radius 2 is 2.05 bits per heavy atom. The predicted octanol–water partition coefficient (Wildman–Crippen LogP) is 2.40. The molecule has 1 heterocycles. The fourth-order valence-electron chi connectivity index (χ4n) is 2.39. The van der Waals surface area contributed by atoms with Crippen LogP contribution < -0.4 is 10.1 Å². The van der Waals surface area contributed by atoms with Crippen LogP contribution >= 0.6 is 24.8 Å². The zero-order valence-electron chi connectivity index (χ0n) is 11.5. The standard InChI is InChI=1S/C14H19N3O.2ClH/c1-18-13-4-2-3-12(11-13)14(5-6-15)17-9-7-16-8-10-17;;/h2-4,11,14,16H,5,7-10H2,1H3;2*1H/t14-;;/m0../s1. The summed E-state index contributed by atoms with van der Waals surface area (Å²) in [6.07, 6.45) is 0.521. The Hall–Kier alpha value is -0.990. The second-order valence-electron chi connectivity index (χ2n) is 4.44. The van der Waals surface area contributed by atoms with Gasteiger partial charge in [-0.15, -0.1) is 24.8 Å². The number of methoxy groups -OCH3 is 1. The highest BCUT2D eigenvalue weighted by molar-refractivity contribution is 5.85. The van der Waals surface area contributed by atoms with Gasteiger partial charge in [-0.25, -0.2) is 0 Å². The summed E-state index contributed by atoms with van der Waals surface area (Å²) in [6.45, 7) is 3.96. The smallest absolute Gasteiger partial charge is 0.119 e. The third-order valence-electron chi connectivity index (χ3n) is 3.36. The highest BCUT2D eigenvalue weighted by Gasteiger charge is 2.22. The number of hydrogen-bond donors (Lipinski definition) is 1. The summed E-state index contributed by atoms with van der Waals surface area (Å²) in [6, 6.07) is 10.5. The maximum absolute atomic E-state index is 9.03. The fourth-order valence-corrected chi connectivity index (χ4v) is 2.39. The molecule has 0 bridgehead atoms. The zero-order valence-corrected chi connectivity index (χ0v) is 13.2. The number of nitriles is 1. The number of benzene rings is 1. The summed E-state index contributed by atoms with van der Waals surface area (Å²) in [4.78, 5) is 2.37. The summed E-state index contributed by atoms with van der Waals surface area (Å²) in [5.74, 6) is 0.852. The lowest BCUT2D eigenvalue weighted by Gasteiger charge is -2.34. The molecule has 0 radical (unpaired) electrons. The lowest BCUT2D eigenvalue weighted by Crippen LogP contribution is -2.45. The van der Waals surface area contributed by atoms with Gasteiger partial charge in [-0.2, -0.15) is 5.26 Å². The number of nitrogens with zero attached hydrogens (tertiary/aromatic N) is 2. The predicted molar refractivity (Wildman–Crippen MR) is 84.9 cm³/mol. The molecule has 1 saturated heterocycles. The minimum Gasteiger partial charge on any atom is -0.497 e. The quantitative estimate of drug-likeness (QED) is 0.926. The average molecular weight is 318 g/mol. The molecular formula is C14H21Cl2N3O. The van der Waals surface area contributed by atoms with E-state index >= 15 is 0 Å². The zero-order chi connectivity index (χ0) is 12.8. The Morgan fingerprint density at radius 3 is 2.65 bits per heavy atom. The molecule has 0 amide bonds. The Kier molecular flexibility index (Phi) is 9.35. The molecule has 1 aliphatic rings. The average Bonchev–Trinajstić information content (AvgIpc) is 2.46. The lowest BCUT2D eigenvalue weighted by atomic mass is 10.0. The van der Waals surface area contributed by atoms with Crippen LogP contribution in [-0.4, -0.2) is 38.2 Å². The van der Waals surface area contributed by atoms with Crippen molar-refractivity contribution in [1.29, 1.82) is 5.26 Å². The lowest BCUT2D eigenvalue weighted by molar-refractivity contribution is 0.175. The van der Waals surface area contributed by atoms with Gasteiger partial charge in [-0.3, -0.25) is 4.90 Å². The highest BCUT2D eigenvalue weighted by atomic mass is 35.5. The fraction of sp³-hybridized carbons (Fsp3) is 0.500. The first-order valence-electron chi connectivity index (χ1n) is 6.31. The molecule has 0 spiro atoms. The van der Waals surface area contributed by atoms with Gasteiger partial charge in [-0.1, -0.05) is 12.1 Å².